The Hall–Kier alpha value is -2.50. The number of ether oxygens (including phenoxy) is 2. The molecular formula is C19H24N2O4. The molecule has 1 aliphatic rings. The second kappa shape index (κ2) is 8.05. The van der Waals surface area contributed by atoms with Gasteiger partial charge in [0.25, 0.3) is 5.91 Å². The zero-order chi connectivity index (χ0) is 17.6. The fourth-order valence-corrected chi connectivity index (χ4v) is 2.84. The molecule has 1 atom stereocenters. The minimum Gasteiger partial charge on any atom is -0.454 e. The van der Waals surface area contributed by atoms with E-state index in [-0.39, 0.29) is 18.4 Å². The highest BCUT2D eigenvalue weighted by Gasteiger charge is 2.18. The van der Waals surface area contributed by atoms with E-state index in [9.17, 15) is 4.79 Å². The van der Waals surface area contributed by atoms with Gasteiger partial charge >= 0.3 is 0 Å². The number of unbranched alkanes of at least 4 members (excludes halogenated alkanes) is 1. The van der Waals surface area contributed by atoms with Gasteiger partial charge in [-0.1, -0.05) is 38.3 Å². The molecule has 0 fully saturated rings. The lowest BCUT2D eigenvalue weighted by Gasteiger charge is -2.14. The second-order valence-electron chi connectivity index (χ2n) is 6.27. The van der Waals surface area contributed by atoms with Crippen molar-refractivity contribution in [2.24, 2.45) is 5.92 Å². The van der Waals surface area contributed by atoms with E-state index >= 15 is 0 Å². The molecule has 1 aromatic heterocycles. The summed E-state index contributed by atoms with van der Waals surface area (Å²) in [6, 6.07) is 7.15. The Morgan fingerprint density at radius 2 is 2.08 bits per heavy atom. The van der Waals surface area contributed by atoms with E-state index in [0.29, 0.717) is 29.7 Å². The summed E-state index contributed by atoms with van der Waals surface area (Å²) in [5.74, 6) is 2.21. The van der Waals surface area contributed by atoms with E-state index in [0.717, 1.165) is 18.4 Å². The number of hydrogen-bond acceptors (Lipinski definition) is 5. The lowest BCUT2D eigenvalue weighted by molar-refractivity contribution is 0.0937. The molecule has 0 saturated heterocycles. The van der Waals surface area contributed by atoms with E-state index in [2.05, 4.69) is 24.3 Å². The number of nitrogens with one attached hydrogen (secondary N) is 1. The third-order valence-electron chi connectivity index (χ3n) is 4.49. The van der Waals surface area contributed by atoms with Gasteiger partial charge in [-0.15, -0.1) is 0 Å². The molecule has 6 heteroatoms. The van der Waals surface area contributed by atoms with Gasteiger partial charge in [0.1, 0.15) is 0 Å². The summed E-state index contributed by atoms with van der Waals surface area (Å²) < 4.78 is 16.0. The van der Waals surface area contributed by atoms with Crippen LogP contribution in [0.25, 0.3) is 11.3 Å². The standard InChI is InChI=1S/C19H24N2O4/c1-3-5-6-13(4-2)11-20-19(22)15-10-17(25-21-15)14-7-8-16-18(9-14)24-12-23-16/h7-10,13H,3-6,11-12H2,1-2H3,(H,20,22). The average Bonchev–Trinajstić information content (AvgIpc) is 3.30. The summed E-state index contributed by atoms with van der Waals surface area (Å²) in [6.45, 7) is 5.22. The number of carbonyl (C=O) groups is 1. The molecule has 0 spiro atoms. The molecule has 2 aromatic rings. The van der Waals surface area contributed by atoms with Crippen LogP contribution >= 0.6 is 0 Å². The Labute approximate surface area is 147 Å². The maximum Gasteiger partial charge on any atom is 0.273 e. The second-order valence-corrected chi connectivity index (χ2v) is 6.27. The molecule has 1 aliphatic heterocycles. The van der Waals surface area contributed by atoms with Gasteiger partial charge in [0.15, 0.2) is 23.0 Å². The maximum atomic E-state index is 12.3. The monoisotopic (exact) mass is 344 g/mol. The van der Waals surface area contributed by atoms with Gasteiger partial charge in [-0.05, 0) is 30.5 Å². The molecule has 0 saturated carbocycles. The van der Waals surface area contributed by atoms with E-state index in [1.807, 2.05) is 18.2 Å². The van der Waals surface area contributed by atoms with Crippen LogP contribution in [0.5, 0.6) is 11.5 Å². The van der Waals surface area contributed by atoms with Gasteiger partial charge in [-0.25, -0.2) is 0 Å². The predicted octanol–water partition coefficient (Wildman–Crippen LogP) is 4.02. The number of rotatable bonds is 8. The van der Waals surface area contributed by atoms with Crippen LogP contribution in [-0.4, -0.2) is 24.4 Å². The van der Waals surface area contributed by atoms with Crippen molar-refractivity contribution < 1.29 is 18.8 Å². The summed E-state index contributed by atoms with van der Waals surface area (Å²) in [5, 5.41) is 6.85. The Kier molecular flexibility index (Phi) is 5.58. The van der Waals surface area contributed by atoms with Crippen LogP contribution in [0.2, 0.25) is 0 Å². The molecule has 3 rings (SSSR count). The van der Waals surface area contributed by atoms with E-state index in [4.69, 9.17) is 14.0 Å². The van der Waals surface area contributed by atoms with Gasteiger partial charge in [0.2, 0.25) is 6.79 Å². The highest BCUT2D eigenvalue weighted by Crippen LogP contribution is 2.36. The van der Waals surface area contributed by atoms with E-state index < -0.39 is 0 Å². The lowest BCUT2D eigenvalue weighted by Crippen LogP contribution is -2.29. The van der Waals surface area contributed by atoms with Crippen LogP contribution in [0, 0.1) is 5.92 Å². The van der Waals surface area contributed by atoms with Crippen molar-refractivity contribution in [3.63, 3.8) is 0 Å². The summed E-state index contributed by atoms with van der Waals surface area (Å²) in [7, 11) is 0. The molecule has 0 bridgehead atoms. The Balaban J connectivity index is 1.61. The zero-order valence-electron chi connectivity index (χ0n) is 14.7. The molecule has 0 aliphatic carbocycles. The summed E-state index contributed by atoms with van der Waals surface area (Å²) in [6.07, 6.45) is 4.55. The number of carbonyl (C=O) groups excluding carboxylic acids is 1. The minimum atomic E-state index is -0.203. The molecule has 1 amide bonds. The molecule has 2 heterocycles. The van der Waals surface area contributed by atoms with Crippen LogP contribution in [0.3, 0.4) is 0 Å². The fourth-order valence-electron chi connectivity index (χ4n) is 2.84. The van der Waals surface area contributed by atoms with Gasteiger partial charge in [0, 0.05) is 18.2 Å². The minimum absolute atomic E-state index is 0.203. The summed E-state index contributed by atoms with van der Waals surface area (Å²) >= 11 is 0. The summed E-state index contributed by atoms with van der Waals surface area (Å²) in [4.78, 5) is 12.3. The first-order valence-corrected chi connectivity index (χ1v) is 8.86. The lowest BCUT2D eigenvalue weighted by atomic mass is 9.99. The number of aromatic nitrogens is 1. The van der Waals surface area contributed by atoms with Crippen molar-refractivity contribution in [2.75, 3.05) is 13.3 Å². The van der Waals surface area contributed by atoms with Gasteiger partial charge < -0.3 is 19.3 Å². The topological polar surface area (TPSA) is 73.6 Å². The van der Waals surface area contributed by atoms with Gasteiger partial charge in [0.05, 0.1) is 0 Å². The zero-order valence-corrected chi connectivity index (χ0v) is 14.7. The molecule has 1 aromatic carbocycles. The number of benzene rings is 1. The van der Waals surface area contributed by atoms with E-state index in [1.165, 1.54) is 12.8 Å². The van der Waals surface area contributed by atoms with Crippen LogP contribution < -0.4 is 14.8 Å². The van der Waals surface area contributed by atoms with Crippen molar-refractivity contribution in [1.29, 1.82) is 0 Å². The van der Waals surface area contributed by atoms with Crippen LogP contribution in [0.1, 0.15) is 50.0 Å². The Morgan fingerprint density at radius 3 is 2.88 bits per heavy atom. The normalized spacial score (nSPS) is 13.7. The largest absolute Gasteiger partial charge is 0.454 e. The van der Waals surface area contributed by atoms with Crippen molar-refractivity contribution in [2.45, 2.75) is 39.5 Å². The summed E-state index contributed by atoms with van der Waals surface area (Å²) in [5.41, 5.74) is 1.09. The Bertz CT molecular complexity index is 726. The molecule has 6 nitrogen and oxygen atoms in total. The SMILES string of the molecule is CCCCC(CC)CNC(=O)c1cc(-c2ccc3c(c2)OCO3)on1. The van der Waals surface area contributed by atoms with E-state index in [1.54, 1.807) is 6.07 Å². The first-order chi connectivity index (χ1) is 12.2. The van der Waals surface area contributed by atoms with Crippen LogP contribution in [0.4, 0.5) is 0 Å². The third-order valence-corrected chi connectivity index (χ3v) is 4.49. The maximum absolute atomic E-state index is 12.3. The van der Waals surface area contributed by atoms with Crippen molar-refractivity contribution >= 4 is 5.91 Å². The van der Waals surface area contributed by atoms with Crippen LogP contribution in [0.15, 0.2) is 28.8 Å². The third kappa shape index (κ3) is 4.13. The number of nitrogens with zero attached hydrogens (tertiary/aromatic N) is 1. The molecular weight excluding hydrogens is 320 g/mol. The average molecular weight is 344 g/mol. The fraction of sp³-hybridized carbons (Fsp3) is 0.474. The molecule has 134 valence electrons. The number of hydrogen-bond donors (Lipinski definition) is 1. The highest BCUT2D eigenvalue weighted by atomic mass is 16.7. The smallest absolute Gasteiger partial charge is 0.273 e. The first kappa shape index (κ1) is 17.3. The number of amides is 1. The predicted molar refractivity (Wildman–Crippen MR) is 93.7 cm³/mol. The molecule has 25 heavy (non-hydrogen) atoms. The molecule has 1 N–H and O–H groups in total. The van der Waals surface area contributed by atoms with Crippen molar-refractivity contribution in [1.82, 2.24) is 10.5 Å². The highest BCUT2D eigenvalue weighted by molar-refractivity contribution is 5.93. The molecule has 0 radical (unpaired) electrons. The molecule has 1 unspecified atom stereocenters. The van der Waals surface area contributed by atoms with Gasteiger partial charge in [-0.2, -0.15) is 0 Å². The Morgan fingerprint density at radius 1 is 1.24 bits per heavy atom. The van der Waals surface area contributed by atoms with Crippen molar-refractivity contribution in [3.05, 3.63) is 30.0 Å². The van der Waals surface area contributed by atoms with Gasteiger partial charge in [-0.3, -0.25) is 4.79 Å². The van der Waals surface area contributed by atoms with Crippen LogP contribution in [-0.2, 0) is 0 Å². The number of fused-ring (bicyclic) bond motifs is 1. The van der Waals surface area contributed by atoms with Crippen molar-refractivity contribution in [3.8, 4) is 22.8 Å². The first-order valence-electron chi connectivity index (χ1n) is 8.86. The quantitative estimate of drug-likeness (QED) is 0.783.